The van der Waals surface area contributed by atoms with Crippen LogP contribution in [0.3, 0.4) is 0 Å². The Morgan fingerprint density at radius 1 is 1.22 bits per heavy atom. The minimum absolute atomic E-state index is 0.0562. The van der Waals surface area contributed by atoms with E-state index in [0.717, 1.165) is 51.9 Å². The van der Waals surface area contributed by atoms with Gasteiger partial charge in [0.25, 0.3) is 0 Å². The lowest BCUT2D eigenvalue weighted by molar-refractivity contribution is -0.113. The smallest absolute Gasteiger partial charge is 0.234 e. The van der Waals surface area contributed by atoms with Gasteiger partial charge in [0, 0.05) is 18.8 Å². The summed E-state index contributed by atoms with van der Waals surface area (Å²) < 4.78 is 6.36. The zero-order chi connectivity index (χ0) is 18.5. The van der Waals surface area contributed by atoms with Gasteiger partial charge in [-0.15, -0.1) is 10.2 Å². The van der Waals surface area contributed by atoms with Gasteiger partial charge in [-0.2, -0.15) is 0 Å². The van der Waals surface area contributed by atoms with E-state index < -0.39 is 0 Å². The van der Waals surface area contributed by atoms with Crippen LogP contribution in [0.25, 0.3) is 10.8 Å². The lowest BCUT2D eigenvalue weighted by Crippen LogP contribution is -2.18. The molecule has 1 fully saturated rings. The number of hydrogen-bond acceptors (Lipinski definition) is 7. The van der Waals surface area contributed by atoms with Crippen molar-refractivity contribution in [1.29, 1.82) is 0 Å². The van der Waals surface area contributed by atoms with Gasteiger partial charge in [-0.1, -0.05) is 53.4 Å². The van der Waals surface area contributed by atoms with Crippen molar-refractivity contribution in [3.8, 4) is 0 Å². The van der Waals surface area contributed by atoms with Crippen LogP contribution in [0.15, 0.2) is 46.8 Å². The third-order valence-corrected chi connectivity index (χ3v) is 6.29. The predicted molar refractivity (Wildman–Crippen MR) is 111 cm³/mol. The number of carbonyl (C=O) groups excluding carboxylic acids is 1. The van der Waals surface area contributed by atoms with Gasteiger partial charge in [0.15, 0.2) is 4.34 Å². The highest BCUT2D eigenvalue weighted by Gasteiger charge is 2.16. The highest BCUT2D eigenvalue weighted by Crippen LogP contribution is 2.26. The largest absolute Gasteiger partial charge is 0.376 e. The molecule has 1 saturated heterocycles. The number of aromatic nitrogens is 2. The molecule has 6 nitrogen and oxygen atoms in total. The lowest BCUT2D eigenvalue weighted by atomic mass is 10.1. The van der Waals surface area contributed by atoms with E-state index in [1.54, 1.807) is 0 Å². The molecule has 1 atom stereocenters. The second-order valence-corrected chi connectivity index (χ2v) is 8.49. The van der Waals surface area contributed by atoms with E-state index in [-0.39, 0.29) is 12.0 Å². The third-order valence-electron chi connectivity index (χ3n) is 4.27. The summed E-state index contributed by atoms with van der Waals surface area (Å²) in [7, 11) is 0. The zero-order valence-electron chi connectivity index (χ0n) is 14.7. The van der Waals surface area contributed by atoms with E-state index in [0.29, 0.717) is 5.75 Å². The van der Waals surface area contributed by atoms with Crippen molar-refractivity contribution in [1.82, 2.24) is 10.2 Å². The molecule has 140 valence electrons. The van der Waals surface area contributed by atoms with Crippen LogP contribution in [-0.4, -0.2) is 41.1 Å². The summed E-state index contributed by atoms with van der Waals surface area (Å²) in [6, 6.07) is 14.0. The van der Waals surface area contributed by atoms with Crippen molar-refractivity contribution in [2.24, 2.45) is 0 Å². The first-order chi connectivity index (χ1) is 13.3. The van der Waals surface area contributed by atoms with Crippen molar-refractivity contribution >= 4 is 50.6 Å². The number of benzene rings is 2. The average Bonchev–Trinajstić information content (AvgIpc) is 3.36. The molecule has 0 unspecified atom stereocenters. The van der Waals surface area contributed by atoms with Gasteiger partial charge in [-0.3, -0.25) is 4.79 Å². The molecule has 1 aromatic heterocycles. The molecule has 1 aliphatic heterocycles. The zero-order valence-corrected chi connectivity index (χ0v) is 16.3. The maximum Gasteiger partial charge on any atom is 0.234 e. The van der Waals surface area contributed by atoms with Crippen molar-refractivity contribution < 1.29 is 9.53 Å². The van der Waals surface area contributed by atoms with Crippen LogP contribution in [0.1, 0.15) is 12.8 Å². The molecule has 0 bridgehead atoms. The predicted octanol–water partition coefficient (Wildman–Crippen LogP) is 4.01. The second kappa shape index (κ2) is 8.69. The molecule has 1 aliphatic rings. The van der Waals surface area contributed by atoms with E-state index in [1.807, 2.05) is 36.4 Å². The van der Waals surface area contributed by atoms with Crippen molar-refractivity contribution in [3.63, 3.8) is 0 Å². The second-order valence-electron chi connectivity index (χ2n) is 6.29. The molecule has 8 heteroatoms. The highest BCUT2D eigenvalue weighted by molar-refractivity contribution is 8.01. The molecular formula is C19H20N4O2S2. The Hall–Kier alpha value is -2.16. The molecule has 4 rings (SSSR count). The molecule has 1 amide bonds. The van der Waals surface area contributed by atoms with E-state index in [1.165, 1.54) is 23.1 Å². The number of rotatable bonds is 7. The lowest BCUT2D eigenvalue weighted by Gasteiger charge is -2.08. The number of thioether (sulfide) groups is 1. The Morgan fingerprint density at radius 3 is 2.96 bits per heavy atom. The Balaban J connectivity index is 1.26. The number of fused-ring (bicyclic) bond motifs is 1. The monoisotopic (exact) mass is 400 g/mol. The normalized spacial score (nSPS) is 16.5. The van der Waals surface area contributed by atoms with E-state index in [2.05, 4.69) is 26.9 Å². The van der Waals surface area contributed by atoms with Gasteiger partial charge in [0.05, 0.1) is 11.9 Å². The van der Waals surface area contributed by atoms with Crippen LogP contribution in [0.5, 0.6) is 0 Å². The van der Waals surface area contributed by atoms with Crippen molar-refractivity contribution in [3.05, 3.63) is 42.5 Å². The summed E-state index contributed by atoms with van der Waals surface area (Å²) in [5.41, 5.74) is 0.801. The fourth-order valence-corrected chi connectivity index (χ4v) is 4.50. The first-order valence-electron chi connectivity index (χ1n) is 8.87. The Labute approximate surface area is 165 Å². The third kappa shape index (κ3) is 4.97. The van der Waals surface area contributed by atoms with Crippen LogP contribution in [0.4, 0.5) is 10.8 Å². The van der Waals surface area contributed by atoms with Gasteiger partial charge in [0.2, 0.25) is 11.0 Å². The molecule has 0 radical (unpaired) electrons. The van der Waals surface area contributed by atoms with Gasteiger partial charge < -0.3 is 15.4 Å². The number of carbonyl (C=O) groups is 1. The molecule has 0 saturated carbocycles. The van der Waals surface area contributed by atoms with Gasteiger partial charge in [-0.05, 0) is 35.7 Å². The summed E-state index contributed by atoms with van der Waals surface area (Å²) in [5, 5.41) is 17.5. The number of ether oxygens (including phenoxy) is 1. The summed E-state index contributed by atoms with van der Waals surface area (Å²) in [5.74, 6) is 0.243. The standard InChI is InChI=1S/C19H20N4O2S2/c24-17(21-15-8-7-13-4-1-2-5-14(13)10-15)12-26-19-23-22-18(27-19)20-11-16-6-3-9-25-16/h1-2,4-5,7-8,10,16H,3,6,9,11-12H2,(H,20,22)(H,21,24)/t16-/m0/s1. The molecule has 0 aliphatic carbocycles. The number of hydrogen-bond donors (Lipinski definition) is 2. The Morgan fingerprint density at radius 2 is 2.11 bits per heavy atom. The number of amides is 1. The summed E-state index contributed by atoms with van der Waals surface area (Å²) in [6.07, 6.45) is 2.47. The molecule has 3 aromatic rings. The van der Waals surface area contributed by atoms with Crippen molar-refractivity contribution in [2.45, 2.75) is 23.3 Å². The van der Waals surface area contributed by atoms with Gasteiger partial charge in [-0.25, -0.2) is 0 Å². The van der Waals surface area contributed by atoms with Crippen molar-refractivity contribution in [2.75, 3.05) is 29.5 Å². The molecule has 2 heterocycles. The Kier molecular flexibility index (Phi) is 5.86. The fourth-order valence-electron chi connectivity index (χ4n) is 2.94. The van der Waals surface area contributed by atoms with Crippen LogP contribution >= 0.6 is 23.1 Å². The SMILES string of the molecule is O=C(CSc1nnc(NC[C@@H]2CCCO2)s1)Nc1ccc2ccccc2c1. The van der Waals surface area contributed by atoms with Crippen LogP contribution < -0.4 is 10.6 Å². The fraction of sp³-hybridized carbons (Fsp3) is 0.316. The quantitative estimate of drug-likeness (QED) is 0.584. The molecule has 0 spiro atoms. The number of anilines is 2. The van der Waals surface area contributed by atoms with Crippen LogP contribution in [0, 0.1) is 0 Å². The summed E-state index contributed by atoms with van der Waals surface area (Å²) in [4.78, 5) is 12.2. The van der Waals surface area contributed by atoms with E-state index >= 15 is 0 Å². The maximum atomic E-state index is 12.2. The molecule has 27 heavy (non-hydrogen) atoms. The van der Waals surface area contributed by atoms with Gasteiger partial charge in [0.1, 0.15) is 0 Å². The highest BCUT2D eigenvalue weighted by atomic mass is 32.2. The maximum absolute atomic E-state index is 12.2. The number of nitrogens with one attached hydrogen (secondary N) is 2. The summed E-state index contributed by atoms with van der Waals surface area (Å²) in [6.45, 7) is 1.59. The first-order valence-corrected chi connectivity index (χ1v) is 10.7. The molecule has 2 aromatic carbocycles. The first kappa shape index (κ1) is 18.2. The molecular weight excluding hydrogens is 380 g/mol. The van der Waals surface area contributed by atoms with Gasteiger partial charge >= 0.3 is 0 Å². The number of nitrogens with zero attached hydrogens (tertiary/aromatic N) is 2. The minimum atomic E-state index is -0.0562. The van der Waals surface area contributed by atoms with E-state index in [4.69, 9.17) is 4.74 Å². The van der Waals surface area contributed by atoms with Crippen LogP contribution in [-0.2, 0) is 9.53 Å². The minimum Gasteiger partial charge on any atom is -0.376 e. The van der Waals surface area contributed by atoms with E-state index in [9.17, 15) is 4.79 Å². The Bertz CT molecular complexity index is 925. The summed E-state index contributed by atoms with van der Waals surface area (Å²) >= 11 is 2.85. The average molecular weight is 401 g/mol. The van der Waals surface area contributed by atoms with Crippen LogP contribution in [0.2, 0.25) is 0 Å². The molecule has 2 N–H and O–H groups in total. The topological polar surface area (TPSA) is 76.1 Å².